The topological polar surface area (TPSA) is 62.3 Å². The van der Waals surface area contributed by atoms with Crippen LogP contribution in [0.3, 0.4) is 0 Å². The average Bonchev–Trinajstić information content (AvgIpc) is 3.36. The highest BCUT2D eigenvalue weighted by Crippen LogP contribution is 2.38. The van der Waals surface area contributed by atoms with E-state index in [-0.39, 0.29) is 6.42 Å². The van der Waals surface area contributed by atoms with E-state index < -0.39 is 5.97 Å². The minimum Gasteiger partial charge on any atom is -0.492 e. The predicted molar refractivity (Wildman–Crippen MR) is 107 cm³/mol. The molecular formula is C23H25NO3. The molecule has 4 nitrogen and oxygen atoms in total. The van der Waals surface area contributed by atoms with Gasteiger partial charge in [0.05, 0.1) is 6.61 Å². The van der Waals surface area contributed by atoms with Crippen LogP contribution in [-0.4, -0.2) is 22.7 Å². The van der Waals surface area contributed by atoms with Gasteiger partial charge in [-0.2, -0.15) is 0 Å². The van der Waals surface area contributed by atoms with Crippen LogP contribution in [0.1, 0.15) is 37.7 Å². The summed E-state index contributed by atoms with van der Waals surface area (Å²) in [5, 5.41) is 10.3. The first-order chi connectivity index (χ1) is 13.2. The number of carboxylic acids is 1. The zero-order valence-corrected chi connectivity index (χ0v) is 15.4. The lowest BCUT2D eigenvalue weighted by Gasteiger charge is -2.19. The van der Waals surface area contributed by atoms with Gasteiger partial charge in [-0.1, -0.05) is 43.2 Å². The molecule has 0 atom stereocenters. The maximum atomic E-state index is 11.1. The minimum absolute atomic E-state index is 0.109. The molecule has 0 unspecified atom stereocenters. The second-order valence-corrected chi connectivity index (χ2v) is 7.39. The Morgan fingerprint density at radius 2 is 1.85 bits per heavy atom. The van der Waals surface area contributed by atoms with Crippen LogP contribution in [0, 0.1) is 5.92 Å². The fourth-order valence-corrected chi connectivity index (χ4v) is 4.10. The highest BCUT2D eigenvalue weighted by atomic mass is 16.5. The van der Waals surface area contributed by atoms with Crippen molar-refractivity contribution in [2.75, 3.05) is 6.61 Å². The number of H-pyrrole nitrogens is 1. The standard InChI is InChI=1S/C23H25NO3/c25-22(26)12-11-17-7-3-9-20(23(17)27-15-16-5-1-2-6-16)18-8-4-10-21-19(18)13-14-24-21/h3-4,7-10,13-14,16,24H,1-2,5-6,11-12,15H2,(H,25,26). The molecule has 1 aliphatic rings. The first-order valence-corrected chi connectivity index (χ1v) is 9.75. The number of fused-ring (bicyclic) bond motifs is 1. The Balaban J connectivity index is 1.73. The summed E-state index contributed by atoms with van der Waals surface area (Å²) in [6, 6.07) is 14.4. The number of aromatic nitrogens is 1. The number of aromatic amines is 1. The first kappa shape index (κ1) is 17.7. The van der Waals surface area contributed by atoms with Crippen LogP contribution in [0.5, 0.6) is 5.75 Å². The van der Waals surface area contributed by atoms with Gasteiger partial charge in [0, 0.05) is 29.1 Å². The van der Waals surface area contributed by atoms with Crippen molar-refractivity contribution in [1.82, 2.24) is 4.98 Å². The molecule has 1 aromatic heterocycles. The smallest absolute Gasteiger partial charge is 0.303 e. The Morgan fingerprint density at radius 3 is 2.67 bits per heavy atom. The summed E-state index contributed by atoms with van der Waals surface area (Å²) < 4.78 is 6.36. The fourth-order valence-electron chi connectivity index (χ4n) is 4.10. The van der Waals surface area contributed by atoms with Gasteiger partial charge in [0.2, 0.25) is 0 Å². The molecule has 27 heavy (non-hydrogen) atoms. The monoisotopic (exact) mass is 363 g/mol. The molecule has 2 aromatic carbocycles. The number of carbonyl (C=O) groups is 1. The van der Waals surface area contributed by atoms with Gasteiger partial charge in [-0.15, -0.1) is 0 Å². The maximum absolute atomic E-state index is 11.1. The van der Waals surface area contributed by atoms with E-state index in [1.807, 2.05) is 24.4 Å². The van der Waals surface area contributed by atoms with Crippen LogP contribution in [0.2, 0.25) is 0 Å². The van der Waals surface area contributed by atoms with Gasteiger partial charge in [0.25, 0.3) is 0 Å². The van der Waals surface area contributed by atoms with Crippen molar-refractivity contribution in [1.29, 1.82) is 0 Å². The molecule has 1 saturated carbocycles. The van der Waals surface area contributed by atoms with Crippen LogP contribution in [0.25, 0.3) is 22.0 Å². The molecule has 0 radical (unpaired) electrons. The predicted octanol–water partition coefficient (Wildman–Crippen LogP) is 5.42. The highest BCUT2D eigenvalue weighted by Gasteiger charge is 2.19. The van der Waals surface area contributed by atoms with Crippen molar-refractivity contribution in [2.24, 2.45) is 5.92 Å². The Hall–Kier alpha value is -2.75. The van der Waals surface area contributed by atoms with Crippen LogP contribution in [0.4, 0.5) is 0 Å². The van der Waals surface area contributed by atoms with Gasteiger partial charge in [0.15, 0.2) is 0 Å². The van der Waals surface area contributed by atoms with E-state index >= 15 is 0 Å². The normalized spacial score (nSPS) is 14.7. The molecule has 3 aromatic rings. The summed E-state index contributed by atoms with van der Waals surface area (Å²) in [5.41, 5.74) is 4.22. The Kier molecular flexibility index (Phi) is 5.14. The molecule has 1 aliphatic carbocycles. The second kappa shape index (κ2) is 7.87. The minimum atomic E-state index is -0.783. The number of hydrogen-bond acceptors (Lipinski definition) is 2. The molecule has 1 heterocycles. The molecule has 0 saturated heterocycles. The van der Waals surface area contributed by atoms with Crippen molar-refractivity contribution in [3.05, 3.63) is 54.2 Å². The third-order valence-corrected chi connectivity index (χ3v) is 5.53. The molecule has 2 N–H and O–H groups in total. The number of para-hydroxylation sites is 1. The lowest BCUT2D eigenvalue weighted by atomic mass is 9.96. The molecule has 0 spiro atoms. The van der Waals surface area contributed by atoms with Gasteiger partial charge in [0.1, 0.15) is 5.75 Å². The third-order valence-electron chi connectivity index (χ3n) is 5.53. The van der Waals surface area contributed by atoms with E-state index in [9.17, 15) is 4.79 Å². The summed E-state index contributed by atoms with van der Waals surface area (Å²) in [7, 11) is 0. The Morgan fingerprint density at radius 1 is 1.07 bits per heavy atom. The molecule has 4 heteroatoms. The molecule has 0 bridgehead atoms. The van der Waals surface area contributed by atoms with Gasteiger partial charge >= 0.3 is 5.97 Å². The third kappa shape index (κ3) is 3.85. The number of benzene rings is 2. The van der Waals surface area contributed by atoms with E-state index in [1.54, 1.807) is 0 Å². The van der Waals surface area contributed by atoms with Crippen molar-refractivity contribution in [3.8, 4) is 16.9 Å². The SMILES string of the molecule is O=C(O)CCc1cccc(-c2cccc3[nH]ccc23)c1OCC1CCCC1. The van der Waals surface area contributed by atoms with E-state index in [2.05, 4.69) is 29.2 Å². The van der Waals surface area contributed by atoms with Crippen molar-refractivity contribution in [3.63, 3.8) is 0 Å². The van der Waals surface area contributed by atoms with Crippen LogP contribution in [-0.2, 0) is 11.2 Å². The quantitative estimate of drug-likeness (QED) is 0.589. The summed E-state index contributed by atoms with van der Waals surface area (Å²) >= 11 is 0. The summed E-state index contributed by atoms with van der Waals surface area (Å²) in [6.45, 7) is 0.709. The number of rotatable bonds is 7. The van der Waals surface area contributed by atoms with Gasteiger partial charge < -0.3 is 14.8 Å². The maximum Gasteiger partial charge on any atom is 0.303 e. The Labute approximate surface area is 159 Å². The van der Waals surface area contributed by atoms with Crippen molar-refractivity contribution in [2.45, 2.75) is 38.5 Å². The molecule has 0 amide bonds. The van der Waals surface area contributed by atoms with Crippen LogP contribution >= 0.6 is 0 Å². The average molecular weight is 363 g/mol. The molecular weight excluding hydrogens is 338 g/mol. The zero-order chi connectivity index (χ0) is 18.6. The molecule has 0 aliphatic heterocycles. The van der Waals surface area contributed by atoms with Crippen molar-refractivity contribution < 1.29 is 14.6 Å². The zero-order valence-electron chi connectivity index (χ0n) is 15.4. The lowest BCUT2D eigenvalue weighted by molar-refractivity contribution is -0.136. The molecule has 4 rings (SSSR count). The van der Waals surface area contributed by atoms with Gasteiger partial charge in [-0.25, -0.2) is 0 Å². The highest BCUT2D eigenvalue weighted by molar-refractivity contribution is 5.96. The second-order valence-electron chi connectivity index (χ2n) is 7.39. The van der Waals surface area contributed by atoms with Crippen LogP contribution in [0.15, 0.2) is 48.7 Å². The summed E-state index contributed by atoms with van der Waals surface area (Å²) in [6.07, 6.45) is 7.54. The van der Waals surface area contributed by atoms with Crippen LogP contribution < -0.4 is 4.74 Å². The number of aryl methyl sites for hydroxylation is 1. The first-order valence-electron chi connectivity index (χ1n) is 9.75. The summed E-state index contributed by atoms with van der Waals surface area (Å²) in [5.74, 6) is 0.669. The number of carboxylic acid groups (broad SMARTS) is 1. The number of nitrogens with one attached hydrogen (secondary N) is 1. The fraction of sp³-hybridized carbons (Fsp3) is 0.348. The number of aliphatic carboxylic acids is 1. The van der Waals surface area contributed by atoms with E-state index in [0.29, 0.717) is 18.9 Å². The van der Waals surface area contributed by atoms with Crippen molar-refractivity contribution >= 4 is 16.9 Å². The largest absolute Gasteiger partial charge is 0.492 e. The molecule has 140 valence electrons. The molecule has 1 fully saturated rings. The van der Waals surface area contributed by atoms with Gasteiger partial charge in [-0.3, -0.25) is 4.79 Å². The lowest BCUT2D eigenvalue weighted by Crippen LogP contribution is -2.10. The van der Waals surface area contributed by atoms with E-state index in [4.69, 9.17) is 9.84 Å². The Bertz CT molecular complexity index is 938. The van der Waals surface area contributed by atoms with Gasteiger partial charge in [-0.05, 0) is 48.4 Å². The number of hydrogen-bond donors (Lipinski definition) is 2. The number of ether oxygens (including phenoxy) is 1. The summed E-state index contributed by atoms with van der Waals surface area (Å²) in [4.78, 5) is 14.4. The van der Waals surface area contributed by atoms with E-state index in [1.165, 1.54) is 25.7 Å². The van der Waals surface area contributed by atoms with E-state index in [0.717, 1.165) is 33.3 Å².